The smallest absolute Gasteiger partial charge is 0.291 e. The first-order valence-electron chi connectivity index (χ1n) is 13.6. The van der Waals surface area contributed by atoms with E-state index in [0.717, 1.165) is 34.5 Å². The van der Waals surface area contributed by atoms with Gasteiger partial charge in [0.1, 0.15) is 17.3 Å². The molecule has 6 aromatic rings. The molecule has 206 valence electrons. The molecular weight excluding hydrogens is 537 g/mol. The minimum absolute atomic E-state index is 0.256. The van der Waals surface area contributed by atoms with Gasteiger partial charge in [-0.1, -0.05) is 55.7 Å². The van der Waals surface area contributed by atoms with E-state index in [1.807, 2.05) is 60.8 Å². The lowest BCUT2D eigenvalue weighted by Crippen LogP contribution is -2.23. The van der Waals surface area contributed by atoms with E-state index in [2.05, 4.69) is 17.0 Å². The average Bonchev–Trinajstić information content (AvgIpc) is 3.69. The molecule has 0 saturated carbocycles. The van der Waals surface area contributed by atoms with Gasteiger partial charge in [0.25, 0.3) is 5.56 Å². The van der Waals surface area contributed by atoms with Crippen molar-refractivity contribution in [1.82, 2.24) is 24.4 Å². The van der Waals surface area contributed by atoms with Crippen molar-refractivity contribution in [3.8, 4) is 34.1 Å². The molecule has 6 rings (SSSR count). The topological polar surface area (TPSA) is 74.3 Å². The van der Waals surface area contributed by atoms with Gasteiger partial charge in [-0.3, -0.25) is 4.79 Å². The Morgan fingerprint density at radius 3 is 2.39 bits per heavy atom. The third-order valence-corrected chi connectivity index (χ3v) is 7.69. The van der Waals surface area contributed by atoms with Crippen LogP contribution in [0.2, 0.25) is 0 Å². The molecule has 0 atom stereocenters. The summed E-state index contributed by atoms with van der Waals surface area (Å²) in [5, 5.41) is 9.25. The predicted octanol–water partition coefficient (Wildman–Crippen LogP) is 6.32. The first-order chi connectivity index (χ1) is 20.1. The molecule has 0 aliphatic heterocycles. The van der Waals surface area contributed by atoms with E-state index in [-0.39, 0.29) is 11.4 Å². The number of para-hydroxylation sites is 1. The van der Waals surface area contributed by atoms with Gasteiger partial charge >= 0.3 is 0 Å². The Labute approximate surface area is 240 Å². The number of nitrogens with zero attached hydrogens (tertiary/aromatic N) is 5. The maximum absolute atomic E-state index is 13.6. The number of hydrogen-bond acceptors (Lipinski definition) is 6. The van der Waals surface area contributed by atoms with Gasteiger partial charge in [0.05, 0.1) is 16.8 Å². The number of aromatic nitrogens is 5. The van der Waals surface area contributed by atoms with Crippen LogP contribution in [0.1, 0.15) is 38.2 Å². The molecule has 41 heavy (non-hydrogen) atoms. The highest BCUT2D eigenvalue weighted by Crippen LogP contribution is 2.25. The van der Waals surface area contributed by atoms with Crippen molar-refractivity contribution in [2.24, 2.45) is 0 Å². The van der Waals surface area contributed by atoms with Crippen LogP contribution in [0.15, 0.2) is 89.9 Å². The first kappa shape index (κ1) is 26.6. The van der Waals surface area contributed by atoms with Crippen LogP contribution in [0.5, 0.6) is 5.75 Å². The molecular formula is C32H28FN5O2S. The number of halogens is 1. The number of unbranched alkanes of at least 4 members (excludes halogenated alkanes) is 3. The summed E-state index contributed by atoms with van der Waals surface area (Å²) in [6, 6.07) is 23.5. The molecule has 9 heteroatoms. The highest BCUT2D eigenvalue weighted by Gasteiger charge is 2.15. The number of benzene rings is 3. The van der Waals surface area contributed by atoms with Gasteiger partial charge in [-0.25, -0.2) is 9.07 Å². The van der Waals surface area contributed by atoms with Crippen LogP contribution < -0.4 is 14.8 Å². The van der Waals surface area contributed by atoms with E-state index in [0.29, 0.717) is 27.6 Å². The molecule has 0 N–H and O–H groups in total. The van der Waals surface area contributed by atoms with Gasteiger partial charge in [0.15, 0.2) is 5.82 Å². The second-order valence-corrected chi connectivity index (χ2v) is 10.7. The summed E-state index contributed by atoms with van der Waals surface area (Å²) in [6.45, 7) is 2.89. The summed E-state index contributed by atoms with van der Waals surface area (Å²) in [6.07, 6.45) is 8.29. The monoisotopic (exact) mass is 565 g/mol. The fraction of sp³-hybridized carbons (Fsp3) is 0.188. The molecule has 0 unspecified atom stereocenters. The molecule has 3 aromatic carbocycles. The number of fused-ring (bicyclic) bond motifs is 1. The summed E-state index contributed by atoms with van der Waals surface area (Å²) in [5.74, 6) is 0.966. The van der Waals surface area contributed by atoms with Crippen LogP contribution in [-0.2, 0) is 0 Å². The lowest BCUT2D eigenvalue weighted by atomic mass is 10.1. The van der Waals surface area contributed by atoms with Gasteiger partial charge in [0, 0.05) is 22.9 Å². The Morgan fingerprint density at radius 2 is 1.66 bits per heavy atom. The van der Waals surface area contributed by atoms with Gasteiger partial charge < -0.3 is 4.74 Å². The third kappa shape index (κ3) is 5.81. The Bertz CT molecular complexity index is 1880. The van der Waals surface area contributed by atoms with Crippen LogP contribution in [0.25, 0.3) is 39.4 Å². The molecule has 0 bridgehead atoms. The minimum atomic E-state index is -0.324. The zero-order valence-electron chi connectivity index (χ0n) is 22.5. The van der Waals surface area contributed by atoms with Crippen LogP contribution in [0.4, 0.5) is 4.39 Å². The zero-order chi connectivity index (χ0) is 28.2. The molecule has 0 radical (unpaired) electrons. The summed E-state index contributed by atoms with van der Waals surface area (Å²) in [5.41, 5.74) is 3.54. The lowest BCUT2D eigenvalue weighted by molar-refractivity contribution is 0.305. The van der Waals surface area contributed by atoms with E-state index < -0.39 is 0 Å². The van der Waals surface area contributed by atoms with Crippen LogP contribution in [-0.4, -0.2) is 31.0 Å². The molecule has 0 saturated heterocycles. The Morgan fingerprint density at radius 1 is 0.902 bits per heavy atom. The van der Waals surface area contributed by atoms with Gasteiger partial charge in [-0.2, -0.15) is 14.6 Å². The molecule has 3 aromatic heterocycles. The maximum Gasteiger partial charge on any atom is 0.291 e. The predicted molar refractivity (Wildman–Crippen MR) is 160 cm³/mol. The standard InChI is InChI=1S/C32H28FN5O2S/c1-2-3-4-8-19-40-27-17-13-23(14-18-27)30-34-32-38(36-30)31(39)28(41-32)20-24-21-37(26-9-6-5-7-10-26)35-29(24)22-11-15-25(33)16-12-22/h5-7,9-18,20-21H,2-4,8,19H2,1H3. The summed E-state index contributed by atoms with van der Waals surface area (Å²) < 4.78 is 23.0. The molecule has 3 heterocycles. The fourth-order valence-electron chi connectivity index (χ4n) is 4.55. The summed E-state index contributed by atoms with van der Waals surface area (Å²) in [7, 11) is 0. The number of rotatable bonds is 10. The van der Waals surface area contributed by atoms with E-state index in [1.165, 1.54) is 47.2 Å². The zero-order valence-corrected chi connectivity index (χ0v) is 23.4. The van der Waals surface area contributed by atoms with E-state index in [4.69, 9.17) is 9.84 Å². The normalized spacial score (nSPS) is 11.9. The number of hydrogen-bond donors (Lipinski definition) is 0. The highest BCUT2D eigenvalue weighted by molar-refractivity contribution is 7.15. The number of ether oxygens (including phenoxy) is 1. The third-order valence-electron chi connectivity index (χ3n) is 6.73. The van der Waals surface area contributed by atoms with Crippen molar-refractivity contribution in [2.75, 3.05) is 6.61 Å². The Balaban J connectivity index is 1.30. The van der Waals surface area contributed by atoms with Crippen molar-refractivity contribution < 1.29 is 9.13 Å². The quantitative estimate of drug-likeness (QED) is 0.182. The van der Waals surface area contributed by atoms with Crippen molar-refractivity contribution >= 4 is 22.4 Å². The van der Waals surface area contributed by atoms with Crippen LogP contribution in [0, 0.1) is 5.82 Å². The molecule has 0 aliphatic rings. The largest absolute Gasteiger partial charge is 0.494 e. The first-order valence-corrected chi connectivity index (χ1v) is 14.5. The van der Waals surface area contributed by atoms with E-state index in [9.17, 15) is 9.18 Å². The van der Waals surface area contributed by atoms with Gasteiger partial charge in [-0.15, -0.1) is 5.10 Å². The van der Waals surface area contributed by atoms with Crippen molar-refractivity contribution in [2.45, 2.75) is 32.6 Å². The lowest BCUT2D eigenvalue weighted by Gasteiger charge is -2.06. The Hall–Kier alpha value is -4.63. The second kappa shape index (κ2) is 11.9. The molecule has 0 spiro atoms. The fourth-order valence-corrected chi connectivity index (χ4v) is 5.45. The van der Waals surface area contributed by atoms with E-state index >= 15 is 0 Å². The van der Waals surface area contributed by atoms with Crippen molar-refractivity contribution in [1.29, 1.82) is 0 Å². The molecule has 0 aliphatic carbocycles. The summed E-state index contributed by atoms with van der Waals surface area (Å²) in [4.78, 5) is 18.5. The molecule has 7 nitrogen and oxygen atoms in total. The molecule has 0 fully saturated rings. The highest BCUT2D eigenvalue weighted by atomic mass is 32.1. The minimum Gasteiger partial charge on any atom is -0.494 e. The summed E-state index contributed by atoms with van der Waals surface area (Å²) >= 11 is 1.27. The van der Waals surface area contributed by atoms with Gasteiger partial charge in [-0.05, 0) is 73.2 Å². The van der Waals surface area contributed by atoms with Crippen LogP contribution in [0.3, 0.4) is 0 Å². The van der Waals surface area contributed by atoms with E-state index in [1.54, 1.807) is 22.9 Å². The maximum atomic E-state index is 13.6. The SMILES string of the molecule is CCCCCCOc1ccc(-c2nc3sc(=Cc4cn(-c5ccccc5)nc4-c4ccc(F)cc4)c(=O)n3n2)cc1. The van der Waals surface area contributed by atoms with Crippen molar-refractivity contribution in [3.63, 3.8) is 0 Å². The average molecular weight is 566 g/mol. The molecule has 0 amide bonds. The number of thiazole rings is 1. The second-order valence-electron chi connectivity index (χ2n) is 9.70. The Kier molecular flexibility index (Phi) is 7.69. The van der Waals surface area contributed by atoms with Crippen molar-refractivity contribution in [3.05, 3.63) is 111 Å². The van der Waals surface area contributed by atoms with Gasteiger partial charge in [0.2, 0.25) is 4.96 Å². The van der Waals surface area contributed by atoms with Crippen LogP contribution >= 0.6 is 11.3 Å².